The van der Waals surface area contributed by atoms with Crippen LogP contribution in [0.5, 0.6) is 5.88 Å². The number of rotatable bonds is 14. The zero-order chi connectivity index (χ0) is 34.6. The van der Waals surface area contributed by atoms with Crippen molar-refractivity contribution < 1.29 is 27.8 Å². The number of anilines is 1. The number of pyridine rings is 2. The molecule has 0 spiro atoms. The highest BCUT2D eigenvalue weighted by Crippen LogP contribution is 2.35. The number of nitrogens with zero attached hydrogens (tertiary/aromatic N) is 4. The van der Waals surface area contributed by atoms with Crippen LogP contribution in [0, 0.1) is 11.3 Å². The lowest BCUT2D eigenvalue weighted by Crippen LogP contribution is -2.58. The van der Waals surface area contributed by atoms with Gasteiger partial charge in [0.2, 0.25) is 5.88 Å². The Balaban J connectivity index is 1.46. The van der Waals surface area contributed by atoms with Gasteiger partial charge in [-0.25, -0.2) is 8.78 Å². The Labute approximate surface area is 281 Å². The number of alkyl halides is 2. The number of thioether (sulfide) groups is 1. The first-order valence-corrected chi connectivity index (χ1v) is 16.9. The van der Waals surface area contributed by atoms with Gasteiger partial charge in [0.05, 0.1) is 30.8 Å². The average molecular weight is 681 g/mol. The Bertz CT molecular complexity index is 1780. The van der Waals surface area contributed by atoms with E-state index in [0.717, 1.165) is 29.7 Å². The molecule has 3 aromatic rings. The van der Waals surface area contributed by atoms with Crippen molar-refractivity contribution in [1.29, 1.82) is 5.26 Å². The molecule has 2 aromatic heterocycles. The monoisotopic (exact) mass is 680 g/mol. The summed E-state index contributed by atoms with van der Waals surface area (Å²) in [5.41, 5.74) is 1.32. The summed E-state index contributed by atoms with van der Waals surface area (Å²) in [5.74, 6) is -4.11. The summed E-state index contributed by atoms with van der Waals surface area (Å²) in [7, 11) is 1.67. The lowest BCUT2D eigenvalue weighted by atomic mass is 9.96. The first kappa shape index (κ1) is 35.0. The van der Waals surface area contributed by atoms with E-state index < -0.39 is 36.4 Å². The van der Waals surface area contributed by atoms with Crippen LogP contribution in [0.4, 0.5) is 14.6 Å². The number of ether oxygens (including phenoxy) is 2. The molecule has 11 nitrogen and oxygen atoms in total. The van der Waals surface area contributed by atoms with Crippen LogP contribution >= 0.6 is 11.8 Å². The number of halogens is 2. The summed E-state index contributed by atoms with van der Waals surface area (Å²) in [6.45, 7) is 3.27. The molecule has 0 radical (unpaired) electrons. The third-order valence-electron chi connectivity index (χ3n) is 7.92. The molecule has 1 aliphatic heterocycles. The molecule has 48 heavy (non-hydrogen) atoms. The van der Waals surface area contributed by atoms with E-state index in [-0.39, 0.29) is 46.0 Å². The lowest BCUT2D eigenvalue weighted by Gasteiger charge is -2.39. The minimum absolute atomic E-state index is 0.0320. The van der Waals surface area contributed by atoms with Crippen LogP contribution in [0.3, 0.4) is 0 Å². The zero-order valence-corrected chi connectivity index (χ0v) is 28.0. The lowest BCUT2D eigenvalue weighted by molar-refractivity contribution is -0.113. The van der Waals surface area contributed by atoms with Crippen LogP contribution in [0.2, 0.25) is 0 Å². The number of carbonyl (C=O) groups is 2. The smallest absolute Gasteiger partial charge is 0.282 e. The van der Waals surface area contributed by atoms with Crippen LogP contribution in [0.25, 0.3) is 11.1 Å². The predicted molar refractivity (Wildman–Crippen MR) is 179 cm³/mol. The molecule has 254 valence electrons. The van der Waals surface area contributed by atoms with Gasteiger partial charge in [-0.2, -0.15) is 10.2 Å². The van der Waals surface area contributed by atoms with E-state index in [4.69, 9.17) is 9.47 Å². The molecule has 2 N–H and O–H groups in total. The minimum Gasteiger partial charge on any atom is -0.475 e. The molecule has 1 aromatic carbocycles. The van der Waals surface area contributed by atoms with E-state index >= 15 is 0 Å². The van der Waals surface area contributed by atoms with Crippen molar-refractivity contribution in [3.63, 3.8) is 0 Å². The maximum atomic E-state index is 13.7. The highest BCUT2D eigenvalue weighted by Gasteiger charge is 2.46. The highest BCUT2D eigenvalue weighted by atomic mass is 32.2. The SMILES string of the molecule is COC(CCNCc1cc(C(=O)Nc2cc(-c3ccc(C#N)cc3C(=O)N3CC(F)(F)C3)cc(OC(C)C)n2)c(=O)n(C2CC2)c1)SC. The molecule has 0 bridgehead atoms. The van der Waals surface area contributed by atoms with Gasteiger partial charge >= 0.3 is 0 Å². The highest BCUT2D eigenvalue weighted by molar-refractivity contribution is 7.99. The molecule has 2 fully saturated rings. The Morgan fingerprint density at radius 3 is 2.54 bits per heavy atom. The molecular formula is C34H38F2N6O5S. The Morgan fingerprint density at radius 1 is 1.17 bits per heavy atom. The standard InChI is InChI=1S/C34H38F2N6O5S/c1-20(2)47-29-14-23(25-8-5-21(15-37)11-26(25)32(44)41-18-34(35,36)19-41)13-28(39-29)40-31(43)27-12-22(16-38-10-9-30(46-3)48-4)17-42(33(27)45)24-6-7-24/h5,8,11-14,17,20,24,30,38H,6-7,9-10,16,18-19H2,1-4H3,(H,39,40,43). The van der Waals surface area contributed by atoms with E-state index in [0.29, 0.717) is 24.2 Å². The number of carbonyl (C=O) groups excluding carboxylic acids is 2. The van der Waals surface area contributed by atoms with Gasteiger partial charge in [-0.15, -0.1) is 11.8 Å². The molecule has 2 amide bonds. The Hall–Kier alpha value is -4.32. The van der Waals surface area contributed by atoms with Gasteiger partial charge in [0.25, 0.3) is 23.3 Å². The number of hydrogen-bond acceptors (Lipinski definition) is 9. The topological polar surface area (TPSA) is 139 Å². The van der Waals surface area contributed by atoms with Crippen molar-refractivity contribution in [3.8, 4) is 23.1 Å². The Morgan fingerprint density at radius 2 is 1.92 bits per heavy atom. The number of nitrogens with one attached hydrogen (secondary N) is 2. The van der Waals surface area contributed by atoms with Gasteiger partial charge in [0.15, 0.2) is 0 Å². The van der Waals surface area contributed by atoms with Crippen LogP contribution < -0.4 is 20.9 Å². The van der Waals surface area contributed by atoms with Crippen molar-refractivity contribution in [2.45, 2.75) is 63.2 Å². The van der Waals surface area contributed by atoms with Gasteiger partial charge in [0, 0.05) is 37.5 Å². The Kier molecular flexibility index (Phi) is 10.8. The third-order valence-corrected chi connectivity index (χ3v) is 8.87. The largest absolute Gasteiger partial charge is 0.475 e. The quantitative estimate of drug-likeness (QED) is 0.177. The number of likely N-dealkylation sites (tertiary alicyclic amines) is 1. The zero-order valence-electron chi connectivity index (χ0n) is 27.2. The third kappa shape index (κ3) is 8.39. The normalized spacial score (nSPS) is 15.8. The van der Waals surface area contributed by atoms with Gasteiger partial charge in [-0.3, -0.25) is 14.4 Å². The van der Waals surface area contributed by atoms with Crippen molar-refractivity contribution in [3.05, 3.63) is 75.2 Å². The van der Waals surface area contributed by atoms with Crippen LogP contribution in [-0.4, -0.2) is 76.7 Å². The maximum Gasteiger partial charge on any atom is 0.282 e. The van der Waals surface area contributed by atoms with E-state index in [1.807, 2.05) is 12.3 Å². The first-order valence-electron chi connectivity index (χ1n) is 15.6. The summed E-state index contributed by atoms with van der Waals surface area (Å²) < 4.78 is 40.1. The molecule has 14 heteroatoms. The van der Waals surface area contributed by atoms with E-state index in [1.54, 1.807) is 61.7 Å². The van der Waals surface area contributed by atoms with Crippen LogP contribution in [0.15, 0.2) is 47.4 Å². The molecule has 1 unspecified atom stereocenters. The number of aromatic nitrogens is 2. The fourth-order valence-corrected chi connectivity index (χ4v) is 5.95. The number of benzene rings is 1. The molecule has 1 saturated carbocycles. The van der Waals surface area contributed by atoms with Gasteiger partial charge in [-0.1, -0.05) is 6.07 Å². The second-order valence-electron chi connectivity index (χ2n) is 12.2. The summed E-state index contributed by atoms with van der Waals surface area (Å²) in [4.78, 5) is 45.9. The number of amides is 2. The molecule has 1 atom stereocenters. The summed E-state index contributed by atoms with van der Waals surface area (Å²) in [6, 6.07) is 11.1. The summed E-state index contributed by atoms with van der Waals surface area (Å²) in [6.07, 6.45) is 5.95. The fraction of sp³-hybridized carbons (Fsp3) is 0.441. The number of hydrogen-bond donors (Lipinski definition) is 2. The number of nitriles is 1. The van der Waals surface area contributed by atoms with Gasteiger partial charge in [0.1, 0.15) is 16.8 Å². The van der Waals surface area contributed by atoms with Gasteiger partial charge in [-0.05, 0) is 86.9 Å². The second-order valence-corrected chi connectivity index (χ2v) is 13.2. The van der Waals surface area contributed by atoms with Crippen molar-refractivity contribution >= 4 is 29.4 Å². The summed E-state index contributed by atoms with van der Waals surface area (Å²) >= 11 is 1.62. The molecule has 3 heterocycles. The predicted octanol–water partition coefficient (Wildman–Crippen LogP) is 5.06. The fourth-order valence-electron chi connectivity index (χ4n) is 5.41. The molecular weight excluding hydrogens is 642 g/mol. The van der Waals surface area contributed by atoms with Crippen LogP contribution in [-0.2, 0) is 11.3 Å². The molecule has 1 saturated heterocycles. The first-order chi connectivity index (χ1) is 22.9. The molecule has 5 rings (SSSR count). The summed E-state index contributed by atoms with van der Waals surface area (Å²) in [5, 5.41) is 15.6. The van der Waals surface area contributed by atoms with E-state index in [2.05, 4.69) is 15.6 Å². The second kappa shape index (κ2) is 14.8. The van der Waals surface area contributed by atoms with Crippen molar-refractivity contribution in [1.82, 2.24) is 19.8 Å². The maximum absolute atomic E-state index is 13.7. The average Bonchev–Trinajstić information content (AvgIpc) is 3.88. The minimum atomic E-state index is -2.97. The molecule has 1 aliphatic carbocycles. The van der Waals surface area contributed by atoms with Crippen molar-refractivity contribution in [2.75, 3.05) is 38.3 Å². The van der Waals surface area contributed by atoms with Gasteiger partial charge < -0.3 is 29.6 Å². The van der Waals surface area contributed by atoms with Crippen LogP contribution in [0.1, 0.15) is 71.0 Å². The van der Waals surface area contributed by atoms with E-state index in [1.165, 1.54) is 18.2 Å². The molecule has 2 aliphatic rings. The number of methoxy groups -OCH3 is 1. The van der Waals surface area contributed by atoms with Crippen molar-refractivity contribution in [2.24, 2.45) is 0 Å². The van der Waals surface area contributed by atoms with E-state index in [9.17, 15) is 28.4 Å².